The highest BCUT2D eigenvalue weighted by Gasteiger charge is 2.19. The minimum absolute atomic E-state index is 0.260. The summed E-state index contributed by atoms with van der Waals surface area (Å²) >= 11 is 0. The van der Waals surface area contributed by atoms with E-state index in [4.69, 9.17) is 16.4 Å². The smallest absolute Gasteiger partial charge is 0.280 e. The third-order valence-corrected chi connectivity index (χ3v) is 2.59. The van der Waals surface area contributed by atoms with Gasteiger partial charge < -0.3 is 5.73 Å². The van der Waals surface area contributed by atoms with Crippen molar-refractivity contribution < 1.29 is 17.2 Å². The highest BCUT2D eigenvalue weighted by Crippen LogP contribution is 2.24. The molecular formula is C6H5ClF2N2O2S. The highest BCUT2D eigenvalue weighted by atomic mass is 35.7. The lowest BCUT2D eigenvalue weighted by Crippen LogP contribution is -2.04. The summed E-state index contributed by atoms with van der Waals surface area (Å²) in [4.78, 5) is 3.15. The SMILES string of the molecule is Nc1ccc(C(F)F)nc1S(=O)(=O)Cl. The van der Waals surface area contributed by atoms with Gasteiger partial charge >= 0.3 is 0 Å². The van der Waals surface area contributed by atoms with Crippen LogP contribution in [0.15, 0.2) is 17.2 Å². The largest absolute Gasteiger partial charge is 0.396 e. The number of alkyl halides is 2. The van der Waals surface area contributed by atoms with Gasteiger partial charge in [0.25, 0.3) is 15.5 Å². The van der Waals surface area contributed by atoms with Gasteiger partial charge in [0.15, 0.2) is 5.03 Å². The van der Waals surface area contributed by atoms with Crippen molar-refractivity contribution in [2.75, 3.05) is 5.73 Å². The number of nitrogen functional groups attached to an aromatic ring is 1. The van der Waals surface area contributed by atoms with Crippen molar-refractivity contribution in [2.45, 2.75) is 11.5 Å². The van der Waals surface area contributed by atoms with Crippen LogP contribution in [0, 0.1) is 0 Å². The Kier molecular flexibility index (Phi) is 2.91. The third-order valence-electron chi connectivity index (χ3n) is 1.37. The molecule has 0 bridgehead atoms. The highest BCUT2D eigenvalue weighted by molar-refractivity contribution is 8.13. The van der Waals surface area contributed by atoms with E-state index in [9.17, 15) is 17.2 Å². The van der Waals surface area contributed by atoms with Crippen LogP contribution in [0.5, 0.6) is 0 Å². The average Bonchev–Trinajstić information content (AvgIpc) is 2.02. The summed E-state index contributed by atoms with van der Waals surface area (Å²) in [5.41, 5.74) is 4.26. The standard InChI is InChI=1S/C6H5ClF2N2O2S/c7-14(12,13)6-3(10)1-2-4(11-6)5(8)9/h1-2,5H,10H2. The van der Waals surface area contributed by atoms with E-state index in [0.717, 1.165) is 12.1 Å². The number of nitrogens with zero attached hydrogens (tertiary/aromatic N) is 1. The molecule has 0 atom stereocenters. The summed E-state index contributed by atoms with van der Waals surface area (Å²) in [6, 6.07) is 1.95. The molecule has 0 spiro atoms. The van der Waals surface area contributed by atoms with Gasteiger partial charge in [0.2, 0.25) is 0 Å². The summed E-state index contributed by atoms with van der Waals surface area (Å²) in [6.07, 6.45) is -2.87. The van der Waals surface area contributed by atoms with Crippen LogP contribution in [-0.4, -0.2) is 13.4 Å². The first kappa shape index (κ1) is 11.1. The molecule has 0 unspecified atom stereocenters. The molecule has 8 heteroatoms. The Morgan fingerprint density at radius 1 is 1.43 bits per heavy atom. The Balaban J connectivity index is 3.37. The number of hydrogen-bond donors (Lipinski definition) is 1. The second kappa shape index (κ2) is 3.66. The van der Waals surface area contributed by atoms with Gasteiger partial charge in [-0.05, 0) is 12.1 Å². The fourth-order valence-electron chi connectivity index (χ4n) is 0.782. The predicted octanol–water partition coefficient (Wildman–Crippen LogP) is 1.53. The van der Waals surface area contributed by atoms with Gasteiger partial charge in [-0.2, -0.15) is 0 Å². The number of halogens is 3. The Hall–Kier alpha value is -0.950. The van der Waals surface area contributed by atoms with Crippen LogP contribution in [-0.2, 0) is 9.05 Å². The average molecular weight is 243 g/mol. The van der Waals surface area contributed by atoms with Gasteiger partial charge in [0, 0.05) is 10.7 Å². The van der Waals surface area contributed by atoms with E-state index in [1.165, 1.54) is 0 Å². The van der Waals surface area contributed by atoms with Crippen molar-refractivity contribution in [1.29, 1.82) is 0 Å². The van der Waals surface area contributed by atoms with E-state index < -0.39 is 26.2 Å². The van der Waals surface area contributed by atoms with Crippen LogP contribution >= 0.6 is 10.7 Å². The topological polar surface area (TPSA) is 73.0 Å². The van der Waals surface area contributed by atoms with E-state index in [1.54, 1.807) is 0 Å². The lowest BCUT2D eigenvalue weighted by molar-refractivity contribution is 0.145. The summed E-state index contributed by atoms with van der Waals surface area (Å²) < 4.78 is 45.9. The van der Waals surface area contributed by atoms with Crippen molar-refractivity contribution in [2.24, 2.45) is 0 Å². The number of pyridine rings is 1. The Bertz CT molecular complexity index is 449. The lowest BCUT2D eigenvalue weighted by Gasteiger charge is -2.03. The number of anilines is 1. The van der Waals surface area contributed by atoms with Gasteiger partial charge in [0.05, 0.1) is 5.69 Å². The van der Waals surface area contributed by atoms with Crippen LogP contribution in [0.25, 0.3) is 0 Å². The van der Waals surface area contributed by atoms with Gasteiger partial charge in [-0.25, -0.2) is 22.2 Å². The maximum absolute atomic E-state index is 12.1. The Morgan fingerprint density at radius 2 is 2.00 bits per heavy atom. The van der Waals surface area contributed by atoms with Crippen molar-refractivity contribution in [3.63, 3.8) is 0 Å². The monoisotopic (exact) mass is 242 g/mol. The first-order valence-electron chi connectivity index (χ1n) is 3.31. The molecule has 4 nitrogen and oxygen atoms in total. The molecule has 14 heavy (non-hydrogen) atoms. The van der Waals surface area contributed by atoms with E-state index in [0.29, 0.717) is 0 Å². The lowest BCUT2D eigenvalue weighted by atomic mass is 10.3. The van der Waals surface area contributed by atoms with E-state index in [-0.39, 0.29) is 5.69 Å². The fraction of sp³-hybridized carbons (Fsp3) is 0.167. The second-order valence-corrected chi connectivity index (χ2v) is 4.85. The van der Waals surface area contributed by atoms with Crippen LogP contribution in [0.3, 0.4) is 0 Å². The van der Waals surface area contributed by atoms with Crippen molar-refractivity contribution >= 4 is 25.4 Å². The maximum atomic E-state index is 12.1. The summed E-state index contributed by atoms with van der Waals surface area (Å²) in [5, 5.41) is -0.739. The first-order valence-corrected chi connectivity index (χ1v) is 5.62. The van der Waals surface area contributed by atoms with Gasteiger partial charge in [0.1, 0.15) is 5.69 Å². The van der Waals surface area contributed by atoms with Gasteiger partial charge in [-0.1, -0.05) is 0 Å². The molecule has 0 amide bonds. The van der Waals surface area contributed by atoms with E-state index in [2.05, 4.69) is 4.98 Å². The van der Waals surface area contributed by atoms with E-state index >= 15 is 0 Å². The van der Waals surface area contributed by atoms with Crippen molar-refractivity contribution in [3.05, 3.63) is 17.8 Å². The zero-order valence-electron chi connectivity index (χ0n) is 6.62. The summed E-state index contributed by atoms with van der Waals surface area (Å²) in [6.45, 7) is 0. The molecule has 0 aromatic carbocycles. The zero-order valence-corrected chi connectivity index (χ0v) is 8.19. The summed E-state index contributed by atoms with van der Waals surface area (Å²) in [7, 11) is 0.739. The fourth-order valence-corrected chi connectivity index (χ4v) is 1.72. The third kappa shape index (κ3) is 2.30. The molecular weight excluding hydrogens is 238 g/mol. The molecule has 0 saturated carbocycles. The zero-order chi connectivity index (χ0) is 10.9. The van der Waals surface area contributed by atoms with Crippen molar-refractivity contribution in [1.82, 2.24) is 4.98 Å². The van der Waals surface area contributed by atoms with Crippen LogP contribution in [0.1, 0.15) is 12.1 Å². The number of rotatable bonds is 2. The first-order chi connectivity index (χ1) is 6.32. The molecule has 0 aliphatic heterocycles. The predicted molar refractivity (Wildman–Crippen MR) is 46.6 cm³/mol. The molecule has 1 heterocycles. The molecule has 78 valence electrons. The molecule has 1 aromatic rings. The Labute approximate surface area is 83.1 Å². The number of hydrogen-bond acceptors (Lipinski definition) is 4. The van der Waals surface area contributed by atoms with Crippen LogP contribution in [0.2, 0.25) is 0 Å². The molecule has 0 aliphatic carbocycles. The number of nitrogens with two attached hydrogens (primary N) is 1. The maximum Gasteiger partial charge on any atom is 0.280 e. The second-order valence-electron chi connectivity index (χ2n) is 2.37. The van der Waals surface area contributed by atoms with Gasteiger partial charge in [-0.15, -0.1) is 0 Å². The molecule has 1 rings (SSSR count). The van der Waals surface area contributed by atoms with Crippen LogP contribution in [0.4, 0.5) is 14.5 Å². The molecule has 0 fully saturated rings. The minimum atomic E-state index is -4.19. The van der Waals surface area contributed by atoms with E-state index in [1.807, 2.05) is 0 Å². The molecule has 0 radical (unpaired) electrons. The minimum Gasteiger partial charge on any atom is -0.396 e. The molecule has 0 aliphatic rings. The van der Waals surface area contributed by atoms with Crippen molar-refractivity contribution in [3.8, 4) is 0 Å². The summed E-state index contributed by atoms with van der Waals surface area (Å²) in [5.74, 6) is 0. The Morgan fingerprint density at radius 3 is 2.43 bits per heavy atom. The number of aromatic nitrogens is 1. The molecule has 0 saturated heterocycles. The molecule has 1 aromatic heterocycles. The quantitative estimate of drug-likeness (QED) is 0.798. The van der Waals surface area contributed by atoms with Crippen LogP contribution < -0.4 is 5.73 Å². The normalized spacial score (nSPS) is 12.0. The van der Waals surface area contributed by atoms with Gasteiger partial charge in [-0.3, -0.25) is 0 Å². The molecule has 2 N–H and O–H groups in total.